The van der Waals surface area contributed by atoms with Gasteiger partial charge in [-0.15, -0.1) is 10.2 Å². The van der Waals surface area contributed by atoms with Crippen LogP contribution in [-0.4, -0.2) is 17.3 Å². The number of rotatable bonds is 4. The van der Waals surface area contributed by atoms with Gasteiger partial charge in [0.05, 0.1) is 6.61 Å². The maximum atomic E-state index is 5.95. The first kappa shape index (κ1) is 13.8. The zero-order valence-electron chi connectivity index (χ0n) is 11.2. The summed E-state index contributed by atoms with van der Waals surface area (Å²) in [5.74, 6) is 0.713. The molecule has 0 saturated carbocycles. The van der Waals surface area contributed by atoms with E-state index in [0.29, 0.717) is 17.6 Å². The zero-order valence-corrected chi connectivity index (χ0v) is 12.0. The van der Waals surface area contributed by atoms with Gasteiger partial charge in [0.15, 0.2) is 11.0 Å². The van der Waals surface area contributed by atoms with E-state index in [1.807, 2.05) is 38.1 Å². The van der Waals surface area contributed by atoms with Gasteiger partial charge >= 0.3 is 0 Å². The van der Waals surface area contributed by atoms with Gasteiger partial charge in [-0.1, -0.05) is 29.8 Å². The summed E-state index contributed by atoms with van der Waals surface area (Å²) in [6.07, 6.45) is 0. The number of anilines is 2. The lowest BCUT2D eigenvalue weighted by atomic mass is 10.1. The first-order valence-electron chi connectivity index (χ1n) is 5.96. The Bertz CT molecular complexity index is 587. The maximum Gasteiger partial charge on any atom is 0.156 e. The lowest BCUT2D eigenvalue weighted by Gasteiger charge is -2.13. The summed E-state index contributed by atoms with van der Waals surface area (Å²) in [4.78, 5) is 0. The molecule has 1 aromatic heterocycles. The van der Waals surface area contributed by atoms with E-state index in [2.05, 4.69) is 15.5 Å². The summed E-state index contributed by atoms with van der Waals surface area (Å²) < 4.78 is 5.18. The average Bonchev–Trinajstić information content (AvgIpc) is 2.42. The highest BCUT2D eigenvalue weighted by molar-refractivity contribution is 6.30. The maximum absolute atomic E-state index is 5.95. The highest BCUT2D eigenvalue weighted by atomic mass is 35.5. The van der Waals surface area contributed by atoms with Crippen molar-refractivity contribution < 1.29 is 4.74 Å². The molecule has 5 heteroatoms. The first-order chi connectivity index (χ1) is 9.13. The fraction of sp³-hybridized carbons (Fsp3) is 0.286. The molecule has 1 aromatic carbocycles. The number of benzene rings is 1. The minimum Gasteiger partial charge on any atom is -0.380 e. The first-order valence-corrected chi connectivity index (χ1v) is 6.34. The van der Waals surface area contributed by atoms with Gasteiger partial charge in [0.1, 0.15) is 0 Å². The van der Waals surface area contributed by atoms with Gasteiger partial charge in [-0.05, 0) is 31.0 Å². The molecule has 1 N–H and O–H groups in total. The standard InChI is InChI=1S/C14H16ClN3O/c1-9-10(2)14(18-17-13(9)15)16-12-7-5-4-6-11(12)8-19-3/h4-7H,8H2,1-3H3,(H,16,18). The Morgan fingerprint density at radius 1 is 1.16 bits per heavy atom. The third-order valence-corrected chi connectivity index (χ3v) is 3.39. The van der Waals surface area contributed by atoms with Crippen LogP contribution in [-0.2, 0) is 11.3 Å². The highest BCUT2D eigenvalue weighted by Gasteiger charge is 2.09. The summed E-state index contributed by atoms with van der Waals surface area (Å²) in [6, 6.07) is 7.94. The second kappa shape index (κ2) is 5.99. The third kappa shape index (κ3) is 3.03. The van der Waals surface area contributed by atoms with Gasteiger partial charge in [-0.25, -0.2) is 0 Å². The Balaban J connectivity index is 2.34. The van der Waals surface area contributed by atoms with Crippen LogP contribution in [0.1, 0.15) is 16.7 Å². The number of hydrogen-bond donors (Lipinski definition) is 1. The number of hydrogen-bond acceptors (Lipinski definition) is 4. The van der Waals surface area contributed by atoms with Crippen LogP contribution in [0.25, 0.3) is 0 Å². The second-order valence-electron chi connectivity index (χ2n) is 4.30. The normalized spacial score (nSPS) is 10.5. The quantitative estimate of drug-likeness (QED) is 0.927. The number of methoxy groups -OCH3 is 1. The fourth-order valence-corrected chi connectivity index (χ4v) is 1.93. The number of aromatic nitrogens is 2. The van der Waals surface area contributed by atoms with Gasteiger partial charge < -0.3 is 10.1 Å². The molecule has 100 valence electrons. The van der Waals surface area contributed by atoms with Crippen molar-refractivity contribution >= 4 is 23.1 Å². The molecule has 0 unspecified atom stereocenters. The minimum absolute atomic E-state index is 0.438. The summed E-state index contributed by atoms with van der Waals surface area (Å²) in [5, 5.41) is 11.8. The molecule has 2 aromatic rings. The number of halogens is 1. The van der Waals surface area contributed by atoms with Crippen molar-refractivity contribution in [3.8, 4) is 0 Å². The van der Waals surface area contributed by atoms with Crippen molar-refractivity contribution in [3.63, 3.8) is 0 Å². The van der Waals surface area contributed by atoms with Crippen LogP contribution in [0, 0.1) is 13.8 Å². The molecule has 0 atom stereocenters. The molecule has 0 aliphatic heterocycles. The van der Waals surface area contributed by atoms with Crippen LogP contribution < -0.4 is 5.32 Å². The monoisotopic (exact) mass is 277 g/mol. The molecule has 0 aliphatic rings. The molecule has 0 aliphatic carbocycles. The van der Waals surface area contributed by atoms with Gasteiger partial charge in [-0.3, -0.25) is 0 Å². The topological polar surface area (TPSA) is 47.0 Å². The molecule has 0 spiro atoms. The van der Waals surface area contributed by atoms with Gasteiger partial charge in [0.25, 0.3) is 0 Å². The summed E-state index contributed by atoms with van der Waals surface area (Å²) in [5.41, 5.74) is 3.96. The van der Waals surface area contributed by atoms with E-state index in [9.17, 15) is 0 Å². The summed E-state index contributed by atoms with van der Waals surface area (Å²) in [6.45, 7) is 4.44. The third-order valence-electron chi connectivity index (χ3n) is 3.04. The van der Waals surface area contributed by atoms with Crippen molar-refractivity contribution in [3.05, 3.63) is 46.1 Å². The molecule has 2 rings (SSSR count). The number of ether oxygens (including phenoxy) is 1. The summed E-state index contributed by atoms with van der Waals surface area (Å²) >= 11 is 5.95. The molecule has 0 saturated heterocycles. The molecule has 4 nitrogen and oxygen atoms in total. The Morgan fingerprint density at radius 3 is 2.63 bits per heavy atom. The Morgan fingerprint density at radius 2 is 1.89 bits per heavy atom. The van der Waals surface area contributed by atoms with E-state index in [1.54, 1.807) is 7.11 Å². The molecule has 0 radical (unpaired) electrons. The van der Waals surface area contributed by atoms with Crippen LogP contribution in [0.2, 0.25) is 5.15 Å². The Hall–Kier alpha value is -1.65. The van der Waals surface area contributed by atoms with E-state index in [-0.39, 0.29) is 0 Å². The van der Waals surface area contributed by atoms with Gasteiger partial charge in [-0.2, -0.15) is 0 Å². The zero-order chi connectivity index (χ0) is 13.8. The number of nitrogens with one attached hydrogen (secondary N) is 1. The predicted molar refractivity (Wildman–Crippen MR) is 77.0 cm³/mol. The Labute approximate surface area is 117 Å². The molecule has 0 fully saturated rings. The van der Waals surface area contributed by atoms with Crippen LogP contribution in [0.3, 0.4) is 0 Å². The second-order valence-corrected chi connectivity index (χ2v) is 4.66. The number of para-hydroxylation sites is 1. The van der Waals surface area contributed by atoms with E-state index in [4.69, 9.17) is 16.3 Å². The number of nitrogens with zero attached hydrogens (tertiary/aromatic N) is 2. The molecule has 1 heterocycles. The van der Waals surface area contributed by atoms with Gasteiger partial charge in [0.2, 0.25) is 0 Å². The molecule has 19 heavy (non-hydrogen) atoms. The molecule has 0 bridgehead atoms. The Kier molecular flexibility index (Phi) is 4.35. The smallest absolute Gasteiger partial charge is 0.156 e. The van der Waals surface area contributed by atoms with Crippen molar-refractivity contribution in [2.24, 2.45) is 0 Å². The molecule has 0 amide bonds. The molecular formula is C14H16ClN3O. The SMILES string of the molecule is COCc1ccccc1Nc1nnc(Cl)c(C)c1C. The summed E-state index contributed by atoms with van der Waals surface area (Å²) in [7, 11) is 1.67. The van der Waals surface area contributed by atoms with Crippen LogP contribution in [0.4, 0.5) is 11.5 Å². The average molecular weight is 278 g/mol. The van der Waals surface area contributed by atoms with Crippen molar-refractivity contribution in [1.29, 1.82) is 0 Å². The minimum atomic E-state index is 0.438. The fourth-order valence-electron chi connectivity index (χ4n) is 1.75. The van der Waals surface area contributed by atoms with Crippen molar-refractivity contribution in [2.75, 3.05) is 12.4 Å². The van der Waals surface area contributed by atoms with Crippen molar-refractivity contribution in [2.45, 2.75) is 20.5 Å². The lowest BCUT2D eigenvalue weighted by molar-refractivity contribution is 0.185. The van der Waals surface area contributed by atoms with E-state index < -0.39 is 0 Å². The van der Waals surface area contributed by atoms with Crippen LogP contribution in [0.5, 0.6) is 0 Å². The molecular weight excluding hydrogens is 262 g/mol. The van der Waals surface area contributed by atoms with Crippen LogP contribution >= 0.6 is 11.6 Å². The predicted octanol–water partition coefficient (Wildman–Crippen LogP) is 3.64. The van der Waals surface area contributed by atoms with Gasteiger partial charge in [0, 0.05) is 18.4 Å². The highest BCUT2D eigenvalue weighted by Crippen LogP contribution is 2.25. The van der Waals surface area contributed by atoms with Crippen LogP contribution in [0.15, 0.2) is 24.3 Å². The van der Waals surface area contributed by atoms with E-state index >= 15 is 0 Å². The van der Waals surface area contributed by atoms with E-state index in [0.717, 1.165) is 22.4 Å². The van der Waals surface area contributed by atoms with Crippen molar-refractivity contribution in [1.82, 2.24) is 10.2 Å². The lowest BCUT2D eigenvalue weighted by Crippen LogP contribution is -2.03. The van der Waals surface area contributed by atoms with E-state index in [1.165, 1.54) is 0 Å². The largest absolute Gasteiger partial charge is 0.380 e.